The molecule has 0 spiro atoms. The van der Waals surface area contributed by atoms with Crippen molar-refractivity contribution in [3.63, 3.8) is 0 Å². The highest BCUT2D eigenvalue weighted by Gasteiger charge is 2.34. The van der Waals surface area contributed by atoms with Gasteiger partial charge in [0.05, 0.1) is 13.2 Å². The van der Waals surface area contributed by atoms with Crippen LogP contribution in [0, 0.1) is 19.3 Å². The molecule has 1 aromatic carbocycles. The Morgan fingerprint density at radius 3 is 2.86 bits per heavy atom. The standard InChI is InChI=1S/C16H25N3O2/c1-12-3-4-14(9-13(12)2)19-15(17)18-10-16(5-7-20)6-8-21-11-16/h3-4,9,20H,5-8,10-11H2,1-2H3,(H3,17,18,19). The van der Waals surface area contributed by atoms with E-state index < -0.39 is 0 Å². The second kappa shape index (κ2) is 6.91. The average Bonchev–Trinajstić information content (AvgIpc) is 2.90. The monoisotopic (exact) mass is 291 g/mol. The van der Waals surface area contributed by atoms with Gasteiger partial charge in [-0.05, 0) is 49.9 Å². The fourth-order valence-corrected chi connectivity index (χ4v) is 2.55. The van der Waals surface area contributed by atoms with Crippen LogP contribution in [0.5, 0.6) is 0 Å². The summed E-state index contributed by atoms with van der Waals surface area (Å²) < 4.78 is 5.45. The quantitative estimate of drug-likeness (QED) is 0.571. The van der Waals surface area contributed by atoms with Gasteiger partial charge in [-0.3, -0.25) is 4.99 Å². The summed E-state index contributed by atoms with van der Waals surface area (Å²) in [7, 11) is 0. The molecular weight excluding hydrogens is 266 g/mol. The third-order valence-corrected chi connectivity index (χ3v) is 4.19. The summed E-state index contributed by atoms with van der Waals surface area (Å²) in [5.41, 5.74) is 9.31. The van der Waals surface area contributed by atoms with Gasteiger partial charge in [0.2, 0.25) is 0 Å². The van der Waals surface area contributed by atoms with Gasteiger partial charge in [-0.25, -0.2) is 0 Å². The summed E-state index contributed by atoms with van der Waals surface area (Å²) in [4.78, 5) is 4.44. The SMILES string of the molecule is Cc1ccc(NC(N)=NCC2(CCO)CCOC2)cc1C. The maximum absolute atomic E-state index is 9.20. The first-order valence-corrected chi connectivity index (χ1v) is 7.37. The number of nitrogens with one attached hydrogen (secondary N) is 1. The number of anilines is 1. The van der Waals surface area contributed by atoms with Gasteiger partial charge in [-0.15, -0.1) is 0 Å². The second-order valence-corrected chi connectivity index (χ2v) is 5.90. The van der Waals surface area contributed by atoms with E-state index in [2.05, 4.69) is 36.3 Å². The number of hydrogen-bond donors (Lipinski definition) is 3. The Bertz CT molecular complexity index is 508. The van der Waals surface area contributed by atoms with Crippen molar-refractivity contribution in [2.75, 3.05) is 31.7 Å². The molecule has 1 heterocycles. The van der Waals surface area contributed by atoms with Crippen molar-refractivity contribution in [3.05, 3.63) is 29.3 Å². The molecule has 5 heteroatoms. The lowest BCUT2D eigenvalue weighted by molar-refractivity contribution is 0.131. The summed E-state index contributed by atoms with van der Waals surface area (Å²) in [5.74, 6) is 0.405. The van der Waals surface area contributed by atoms with Gasteiger partial charge in [0.15, 0.2) is 5.96 Å². The van der Waals surface area contributed by atoms with E-state index in [9.17, 15) is 5.11 Å². The number of nitrogens with zero attached hydrogens (tertiary/aromatic N) is 1. The Balaban J connectivity index is 1.98. The van der Waals surface area contributed by atoms with Crippen LogP contribution in [0.15, 0.2) is 23.2 Å². The molecule has 1 atom stereocenters. The van der Waals surface area contributed by atoms with Crippen LogP contribution in [0.2, 0.25) is 0 Å². The smallest absolute Gasteiger partial charge is 0.193 e. The van der Waals surface area contributed by atoms with Gasteiger partial charge in [-0.1, -0.05) is 6.07 Å². The minimum atomic E-state index is -0.0652. The molecule has 5 nitrogen and oxygen atoms in total. The molecule has 0 aliphatic carbocycles. The zero-order chi connectivity index (χ0) is 15.3. The molecule has 0 amide bonds. The van der Waals surface area contributed by atoms with Crippen molar-refractivity contribution in [2.24, 2.45) is 16.1 Å². The fourth-order valence-electron chi connectivity index (χ4n) is 2.55. The molecule has 1 unspecified atom stereocenters. The van der Waals surface area contributed by atoms with Crippen LogP contribution in [0.25, 0.3) is 0 Å². The first-order valence-electron chi connectivity index (χ1n) is 7.37. The lowest BCUT2D eigenvalue weighted by Crippen LogP contribution is -2.30. The second-order valence-electron chi connectivity index (χ2n) is 5.90. The third-order valence-electron chi connectivity index (χ3n) is 4.19. The molecule has 0 bridgehead atoms. The zero-order valence-corrected chi connectivity index (χ0v) is 12.9. The minimum Gasteiger partial charge on any atom is -0.396 e. The largest absolute Gasteiger partial charge is 0.396 e. The van der Waals surface area contributed by atoms with Crippen molar-refractivity contribution in [2.45, 2.75) is 26.7 Å². The number of aliphatic hydroxyl groups is 1. The topological polar surface area (TPSA) is 79.9 Å². The third kappa shape index (κ3) is 4.19. The molecule has 1 fully saturated rings. The molecule has 1 saturated heterocycles. The molecule has 0 saturated carbocycles. The van der Waals surface area contributed by atoms with Gasteiger partial charge < -0.3 is 20.9 Å². The van der Waals surface area contributed by atoms with E-state index in [1.165, 1.54) is 11.1 Å². The Morgan fingerprint density at radius 1 is 1.43 bits per heavy atom. The number of ether oxygens (including phenoxy) is 1. The lowest BCUT2D eigenvalue weighted by atomic mass is 9.84. The Morgan fingerprint density at radius 2 is 2.24 bits per heavy atom. The van der Waals surface area contributed by atoms with Crippen molar-refractivity contribution in [3.8, 4) is 0 Å². The maximum Gasteiger partial charge on any atom is 0.193 e. The van der Waals surface area contributed by atoms with Gasteiger partial charge in [0, 0.05) is 24.3 Å². The average molecular weight is 291 g/mol. The highest BCUT2D eigenvalue weighted by Crippen LogP contribution is 2.32. The minimum absolute atomic E-state index is 0.0652. The van der Waals surface area contributed by atoms with Crippen LogP contribution in [0.4, 0.5) is 5.69 Å². The summed E-state index contributed by atoms with van der Waals surface area (Å²) in [6, 6.07) is 6.11. The first-order chi connectivity index (χ1) is 10.0. The molecule has 21 heavy (non-hydrogen) atoms. The van der Waals surface area contributed by atoms with Gasteiger partial charge in [0.25, 0.3) is 0 Å². The number of benzene rings is 1. The molecule has 116 valence electrons. The van der Waals surface area contributed by atoms with Gasteiger partial charge in [0.1, 0.15) is 0 Å². The van der Waals surface area contributed by atoms with Crippen molar-refractivity contribution in [1.82, 2.24) is 0 Å². The predicted octanol–water partition coefficient (Wildman–Crippen LogP) is 1.82. The van der Waals surface area contributed by atoms with Crippen molar-refractivity contribution >= 4 is 11.6 Å². The normalized spacial score (nSPS) is 22.5. The number of aliphatic hydroxyl groups excluding tert-OH is 1. The molecule has 0 radical (unpaired) electrons. The summed E-state index contributed by atoms with van der Waals surface area (Å²) in [6.07, 6.45) is 1.63. The Kier molecular flexibility index (Phi) is 5.20. The van der Waals surface area contributed by atoms with E-state index in [1.807, 2.05) is 6.07 Å². The molecule has 4 N–H and O–H groups in total. The highest BCUT2D eigenvalue weighted by atomic mass is 16.5. The lowest BCUT2D eigenvalue weighted by Gasteiger charge is -2.24. The molecule has 1 aromatic rings. The predicted molar refractivity (Wildman–Crippen MR) is 85.6 cm³/mol. The van der Waals surface area contributed by atoms with Gasteiger partial charge in [-0.2, -0.15) is 0 Å². The molecule has 2 rings (SSSR count). The summed E-state index contributed by atoms with van der Waals surface area (Å²) in [6.45, 7) is 6.27. The van der Waals surface area contributed by atoms with Crippen molar-refractivity contribution in [1.29, 1.82) is 0 Å². The Hall–Kier alpha value is -1.59. The fraction of sp³-hybridized carbons (Fsp3) is 0.562. The van der Waals surface area contributed by atoms with E-state index in [1.54, 1.807) is 0 Å². The van der Waals surface area contributed by atoms with E-state index in [0.717, 1.165) is 18.7 Å². The summed E-state index contributed by atoms with van der Waals surface area (Å²) >= 11 is 0. The number of aliphatic imine (C=N–C) groups is 1. The molecule has 1 aliphatic rings. The van der Waals surface area contributed by atoms with Gasteiger partial charge >= 0.3 is 0 Å². The Labute approximate surface area is 126 Å². The van der Waals surface area contributed by atoms with Crippen LogP contribution in [0.3, 0.4) is 0 Å². The highest BCUT2D eigenvalue weighted by molar-refractivity contribution is 5.92. The van der Waals surface area contributed by atoms with E-state index in [-0.39, 0.29) is 12.0 Å². The molecular formula is C16H25N3O2. The van der Waals surface area contributed by atoms with Crippen LogP contribution in [-0.4, -0.2) is 37.4 Å². The van der Waals surface area contributed by atoms with E-state index >= 15 is 0 Å². The first kappa shape index (κ1) is 15.8. The number of guanidine groups is 1. The van der Waals surface area contributed by atoms with E-state index in [4.69, 9.17) is 10.5 Å². The van der Waals surface area contributed by atoms with Crippen LogP contribution >= 0.6 is 0 Å². The van der Waals surface area contributed by atoms with Crippen LogP contribution in [0.1, 0.15) is 24.0 Å². The number of nitrogens with two attached hydrogens (primary N) is 1. The number of rotatable bonds is 5. The maximum atomic E-state index is 9.20. The number of hydrogen-bond acceptors (Lipinski definition) is 3. The number of aryl methyl sites for hydroxylation is 2. The molecule has 1 aliphatic heterocycles. The van der Waals surface area contributed by atoms with E-state index in [0.29, 0.717) is 25.5 Å². The zero-order valence-electron chi connectivity index (χ0n) is 12.9. The van der Waals surface area contributed by atoms with Crippen molar-refractivity contribution < 1.29 is 9.84 Å². The molecule has 0 aromatic heterocycles. The summed E-state index contributed by atoms with van der Waals surface area (Å²) in [5, 5.41) is 12.3. The van der Waals surface area contributed by atoms with Crippen LogP contribution < -0.4 is 11.1 Å². The van der Waals surface area contributed by atoms with Crippen LogP contribution in [-0.2, 0) is 4.74 Å².